The van der Waals surface area contributed by atoms with Crippen LogP contribution in [0.15, 0.2) is 101 Å². The topological polar surface area (TPSA) is 76.6 Å². The van der Waals surface area contributed by atoms with Gasteiger partial charge in [-0.1, -0.05) is 72.3 Å². The summed E-state index contributed by atoms with van der Waals surface area (Å²) in [4.78, 5) is 26.4. The SMILES string of the molecule is O=c1cc2n(-c3ccc(Cl)cc3)c(O)c(-c3ccccc3)c(=O)n2nc1-c1ccccc1. The molecule has 7 heteroatoms. The molecule has 2 heterocycles. The van der Waals surface area contributed by atoms with Gasteiger partial charge in [-0.05, 0) is 29.8 Å². The molecule has 0 aliphatic rings. The van der Waals surface area contributed by atoms with Crippen molar-refractivity contribution in [2.75, 3.05) is 0 Å². The highest BCUT2D eigenvalue weighted by Crippen LogP contribution is 2.30. The van der Waals surface area contributed by atoms with Crippen molar-refractivity contribution in [3.8, 4) is 34.0 Å². The second kappa shape index (κ2) is 7.83. The fraction of sp³-hybridized carbons (Fsp3) is 0. The van der Waals surface area contributed by atoms with Crippen LogP contribution in [0.2, 0.25) is 5.02 Å². The second-order valence-electron chi connectivity index (χ2n) is 7.17. The molecule has 0 fully saturated rings. The molecule has 0 aliphatic carbocycles. The van der Waals surface area contributed by atoms with Crippen molar-refractivity contribution in [2.45, 2.75) is 0 Å². The Morgan fingerprint density at radius 1 is 0.781 bits per heavy atom. The van der Waals surface area contributed by atoms with Crippen LogP contribution in [0.25, 0.3) is 33.7 Å². The lowest BCUT2D eigenvalue weighted by Crippen LogP contribution is -2.26. The van der Waals surface area contributed by atoms with Crippen molar-refractivity contribution >= 4 is 17.2 Å². The molecule has 6 nitrogen and oxygen atoms in total. The Balaban J connectivity index is 1.93. The van der Waals surface area contributed by atoms with Gasteiger partial charge in [-0.3, -0.25) is 14.2 Å². The summed E-state index contributed by atoms with van der Waals surface area (Å²) in [6.07, 6.45) is 0. The third kappa shape index (κ3) is 3.27. The van der Waals surface area contributed by atoms with Gasteiger partial charge in [0.05, 0.1) is 5.69 Å². The maximum absolute atomic E-state index is 13.5. The molecule has 0 saturated carbocycles. The maximum Gasteiger partial charge on any atom is 0.286 e. The highest BCUT2D eigenvalue weighted by Gasteiger charge is 2.21. The Bertz CT molecular complexity index is 1560. The summed E-state index contributed by atoms with van der Waals surface area (Å²) < 4.78 is 2.57. The molecule has 0 aliphatic heterocycles. The van der Waals surface area contributed by atoms with Crippen molar-refractivity contribution in [2.24, 2.45) is 0 Å². The third-order valence-electron chi connectivity index (χ3n) is 5.18. The number of hydrogen-bond acceptors (Lipinski definition) is 4. The van der Waals surface area contributed by atoms with E-state index in [0.29, 0.717) is 21.8 Å². The van der Waals surface area contributed by atoms with Crippen molar-refractivity contribution in [1.82, 2.24) is 14.2 Å². The van der Waals surface area contributed by atoms with Crippen molar-refractivity contribution < 1.29 is 5.11 Å². The molecule has 2 aromatic heterocycles. The molecule has 0 bridgehead atoms. The van der Waals surface area contributed by atoms with E-state index in [1.165, 1.54) is 10.6 Å². The number of rotatable bonds is 3. The minimum Gasteiger partial charge on any atom is -0.494 e. The summed E-state index contributed by atoms with van der Waals surface area (Å²) in [6, 6.07) is 25.8. The van der Waals surface area contributed by atoms with Gasteiger partial charge in [-0.25, -0.2) is 0 Å². The first kappa shape index (κ1) is 19.8. The lowest BCUT2D eigenvalue weighted by atomic mass is 10.1. The van der Waals surface area contributed by atoms with Gasteiger partial charge < -0.3 is 5.11 Å². The Labute approximate surface area is 187 Å². The molecule has 156 valence electrons. The lowest BCUT2D eigenvalue weighted by Gasteiger charge is -2.17. The van der Waals surface area contributed by atoms with Gasteiger partial charge in [0, 0.05) is 16.7 Å². The van der Waals surface area contributed by atoms with E-state index in [1.54, 1.807) is 72.8 Å². The van der Waals surface area contributed by atoms with Crippen LogP contribution in [0.4, 0.5) is 0 Å². The first-order valence-electron chi connectivity index (χ1n) is 9.83. The zero-order valence-corrected chi connectivity index (χ0v) is 17.4. The maximum atomic E-state index is 13.5. The zero-order chi connectivity index (χ0) is 22.2. The summed E-state index contributed by atoms with van der Waals surface area (Å²) in [5, 5.41) is 16.1. The molecule has 0 atom stereocenters. The Hall–Kier alpha value is -4.16. The van der Waals surface area contributed by atoms with E-state index in [1.807, 2.05) is 12.1 Å². The molecule has 32 heavy (non-hydrogen) atoms. The summed E-state index contributed by atoms with van der Waals surface area (Å²) >= 11 is 6.03. The largest absolute Gasteiger partial charge is 0.494 e. The van der Waals surface area contributed by atoms with Crippen LogP contribution >= 0.6 is 11.6 Å². The summed E-state index contributed by atoms with van der Waals surface area (Å²) in [7, 11) is 0. The van der Waals surface area contributed by atoms with Crippen LogP contribution in [0, 0.1) is 0 Å². The Kier molecular flexibility index (Phi) is 4.84. The van der Waals surface area contributed by atoms with E-state index in [0.717, 1.165) is 4.52 Å². The van der Waals surface area contributed by atoms with E-state index >= 15 is 0 Å². The van der Waals surface area contributed by atoms with E-state index in [4.69, 9.17) is 11.6 Å². The highest BCUT2D eigenvalue weighted by atomic mass is 35.5. The molecule has 0 radical (unpaired) electrons. The first-order chi connectivity index (χ1) is 15.5. The predicted octanol–water partition coefficient (Wildman–Crippen LogP) is 4.54. The standard InChI is InChI=1S/C25H16ClN3O3/c26-18-11-13-19(14-12-18)28-21-15-20(30)23(17-9-5-2-6-10-17)27-29(21)25(32)22(24(28)31)16-7-3-1-4-8-16/h1-15,31H. The van der Waals surface area contributed by atoms with Crippen molar-refractivity contribution in [3.05, 3.63) is 117 Å². The number of halogens is 1. The van der Waals surface area contributed by atoms with Crippen LogP contribution < -0.4 is 11.0 Å². The number of aromatic hydroxyl groups is 1. The van der Waals surface area contributed by atoms with Crippen LogP contribution in [0.3, 0.4) is 0 Å². The van der Waals surface area contributed by atoms with Gasteiger partial charge in [0.15, 0.2) is 0 Å². The summed E-state index contributed by atoms with van der Waals surface area (Å²) in [6.45, 7) is 0. The van der Waals surface area contributed by atoms with Crippen molar-refractivity contribution in [1.29, 1.82) is 0 Å². The minimum absolute atomic E-state index is 0.0724. The van der Waals surface area contributed by atoms with Gasteiger partial charge in [-0.2, -0.15) is 9.61 Å². The Morgan fingerprint density at radius 2 is 1.38 bits per heavy atom. The minimum atomic E-state index is -0.536. The highest BCUT2D eigenvalue weighted by molar-refractivity contribution is 6.30. The molecular formula is C25H16ClN3O3. The number of aromatic nitrogens is 3. The molecule has 0 amide bonds. The predicted molar refractivity (Wildman–Crippen MR) is 125 cm³/mol. The van der Waals surface area contributed by atoms with E-state index in [-0.39, 0.29) is 28.2 Å². The Morgan fingerprint density at radius 3 is 2.00 bits per heavy atom. The van der Waals surface area contributed by atoms with Gasteiger partial charge in [0.25, 0.3) is 5.56 Å². The fourth-order valence-corrected chi connectivity index (χ4v) is 3.80. The van der Waals surface area contributed by atoms with E-state index in [9.17, 15) is 14.7 Å². The second-order valence-corrected chi connectivity index (χ2v) is 7.61. The third-order valence-corrected chi connectivity index (χ3v) is 5.43. The van der Waals surface area contributed by atoms with Gasteiger partial charge in [0.2, 0.25) is 11.3 Å². The van der Waals surface area contributed by atoms with E-state index < -0.39 is 5.56 Å². The first-order valence-corrected chi connectivity index (χ1v) is 10.2. The molecular weight excluding hydrogens is 426 g/mol. The van der Waals surface area contributed by atoms with Gasteiger partial charge >= 0.3 is 0 Å². The number of benzene rings is 3. The fourth-order valence-electron chi connectivity index (χ4n) is 3.68. The molecule has 0 spiro atoms. The van der Waals surface area contributed by atoms with Crippen LogP contribution in [-0.4, -0.2) is 19.3 Å². The average molecular weight is 442 g/mol. The van der Waals surface area contributed by atoms with Gasteiger partial charge in [-0.15, -0.1) is 0 Å². The quantitative estimate of drug-likeness (QED) is 0.446. The van der Waals surface area contributed by atoms with Gasteiger partial charge in [0.1, 0.15) is 16.9 Å². The monoisotopic (exact) mass is 441 g/mol. The molecule has 0 unspecified atom stereocenters. The normalized spacial score (nSPS) is 11.0. The van der Waals surface area contributed by atoms with Crippen LogP contribution in [-0.2, 0) is 0 Å². The summed E-state index contributed by atoms with van der Waals surface area (Å²) in [5.74, 6) is -0.294. The smallest absolute Gasteiger partial charge is 0.286 e. The number of nitrogens with zero attached hydrogens (tertiary/aromatic N) is 3. The lowest BCUT2D eigenvalue weighted by molar-refractivity contribution is 0.439. The molecule has 5 aromatic rings. The number of hydrogen-bond donors (Lipinski definition) is 1. The molecule has 5 rings (SSSR count). The van der Waals surface area contributed by atoms with E-state index in [2.05, 4.69) is 5.10 Å². The summed E-state index contributed by atoms with van der Waals surface area (Å²) in [5.41, 5.74) is 1.10. The van der Waals surface area contributed by atoms with Crippen molar-refractivity contribution in [3.63, 3.8) is 0 Å². The number of fused-ring (bicyclic) bond motifs is 1. The molecule has 3 aromatic carbocycles. The zero-order valence-electron chi connectivity index (χ0n) is 16.6. The molecule has 0 saturated heterocycles. The van der Waals surface area contributed by atoms with Crippen LogP contribution in [0.1, 0.15) is 0 Å². The molecule has 1 N–H and O–H groups in total. The average Bonchev–Trinajstić information content (AvgIpc) is 2.81. The van der Waals surface area contributed by atoms with Crippen LogP contribution in [0.5, 0.6) is 5.88 Å².